The number of carbonyl (C=O) groups excluding carboxylic acids is 2. The van der Waals surface area contributed by atoms with Crippen LogP contribution in [0.1, 0.15) is 27.6 Å². The second-order valence-corrected chi connectivity index (χ2v) is 7.37. The lowest BCUT2D eigenvalue weighted by atomic mass is 10.1. The van der Waals surface area contributed by atoms with Gasteiger partial charge < -0.3 is 4.74 Å². The number of Topliss-reactive ketones (excluding diaryl/α,β-unsaturated/α-hetero) is 1. The van der Waals surface area contributed by atoms with Crippen molar-refractivity contribution < 1.29 is 22.7 Å². The standard InChI is InChI=1S/C16H15ClN2O5S/c1-10(24-16(21)12-7-8-18-14(17)9-12)15(20)11-3-5-13(6-4-11)19-25(2,22)23/h3-10,19H,1-2H3. The largest absolute Gasteiger partial charge is 0.451 e. The van der Waals surface area contributed by atoms with Crippen molar-refractivity contribution in [3.05, 3.63) is 58.9 Å². The smallest absolute Gasteiger partial charge is 0.339 e. The van der Waals surface area contributed by atoms with Gasteiger partial charge in [-0.2, -0.15) is 0 Å². The normalized spacial score (nSPS) is 12.3. The van der Waals surface area contributed by atoms with Gasteiger partial charge in [0.2, 0.25) is 15.8 Å². The van der Waals surface area contributed by atoms with E-state index in [1.54, 1.807) is 0 Å². The lowest BCUT2D eigenvalue weighted by Crippen LogP contribution is -2.24. The van der Waals surface area contributed by atoms with Crippen molar-refractivity contribution in [1.82, 2.24) is 4.98 Å². The van der Waals surface area contributed by atoms with Gasteiger partial charge in [0.1, 0.15) is 5.15 Å². The van der Waals surface area contributed by atoms with Crippen molar-refractivity contribution in [1.29, 1.82) is 0 Å². The second kappa shape index (κ2) is 7.62. The molecule has 1 N–H and O–H groups in total. The molecule has 0 bridgehead atoms. The Balaban J connectivity index is 2.05. The van der Waals surface area contributed by atoms with E-state index in [1.165, 1.54) is 49.5 Å². The number of ether oxygens (including phenoxy) is 1. The van der Waals surface area contributed by atoms with E-state index in [2.05, 4.69) is 9.71 Å². The summed E-state index contributed by atoms with van der Waals surface area (Å²) < 4.78 is 29.7. The summed E-state index contributed by atoms with van der Waals surface area (Å²) in [4.78, 5) is 28.1. The van der Waals surface area contributed by atoms with Gasteiger partial charge in [-0.05, 0) is 43.3 Å². The summed E-state index contributed by atoms with van der Waals surface area (Å²) in [6.45, 7) is 1.45. The first-order valence-electron chi connectivity index (χ1n) is 7.10. The first kappa shape index (κ1) is 18.9. The van der Waals surface area contributed by atoms with Crippen molar-refractivity contribution in [2.45, 2.75) is 13.0 Å². The predicted molar refractivity (Wildman–Crippen MR) is 93.4 cm³/mol. The number of benzene rings is 1. The molecule has 1 aromatic carbocycles. The molecule has 0 radical (unpaired) electrons. The van der Waals surface area contributed by atoms with Crippen molar-refractivity contribution in [3.63, 3.8) is 0 Å². The minimum absolute atomic E-state index is 0.141. The van der Waals surface area contributed by atoms with E-state index in [1.807, 2.05) is 0 Å². The highest BCUT2D eigenvalue weighted by Crippen LogP contribution is 2.15. The molecule has 0 saturated carbocycles. The molecular weight excluding hydrogens is 368 g/mol. The molecule has 25 heavy (non-hydrogen) atoms. The van der Waals surface area contributed by atoms with Gasteiger partial charge >= 0.3 is 5.97 Å². The number of sulfonamides is 1. The lowest BCUT2D eigenvalue weighted by molar-refractivity contribution is 0.0318. The van der Waals surface area contributed by atoms with Gasteiger partial charge in [0.15, 0.2) is 6.10 Å². The van der Waals surface area contributed by atoms with Crippen LogP contribution in [-0.2, 0) is 14.8 Å². The number of hydrogen-bond acceptors (Lipinski definition) is 6. The third-order valence-electron chi connectivity index (χ3n) is 3.09. The molecule has 1 unspecified atom stereocenters. The summed E-state index contributed by atoms with van der Waals surface area (Å²) in [6.07, 6.45) is 1.37. The number of aromatic nitrogens is 1. The second-order valence-electron chi connectivity index (χ2n) is 5.23. The summed E-state index contributed by atoms with van der Waals surface area (Å²) in [5, 5.41) is 0.141. The maximum atomic E-state index is 12.3. The number of pyridine rings is 1. The number of nitrogens with zero attached hydrogens (tertiary/aromatic N) is 1. The first-order valence-corrected chi connectivity index (χ1v) is 9.37. The van der Waals surface area contributed by atoms with Gasteiger partial charge in [0, 0.05) is 17.4 Å². The highest BCUT2D eigenvalue weighted by Gasteiger charge is 2.20. The van der Waals surface area contributed by atoms with Crippen LogP contribution >= 0.6 is 11.6 Å². The Kier molecular flexibility index (Phi) is 5.76. The number of rotatable bonds is 6. The van der Waals surface area contributed by atoms with Crippen molar-refractivity contribution in [2.24, 2.45) is 0 Å². The van der Waals surface area contributed by atoms with E-state index in [4.69, 9.17) is 16.3 Å². The van der Waals surface area contributed by atoms with Gasteiger partial charge in [0.05, 0.1) is 11.8 Å². The van der Waals surface area contributed by atoms with Crippen LogP contribution in [0.4, 0.5) is 5.69 Å². The van der Waals surface area contributed by atoms with Gasteiger partial charge in [-0.1, -0.05) is 11.6 Å². The van der Waals surface area contributed by atoms with Crippen LogP contribution in [0.2, 0.25) is 5.15 Å². The average Bonchev–Trinajstić information content (AvgIpc) is 2.53. The van der Waals surface area contributed by atoms with E-state index in [0.29, 0.717) is 5.69 Å². The molecule has 1 aromatic heterocycles. The molecule has 9 heteroatoms. The number of anilines is 1. The van der Waals surface area contributed by atoms with Crippen LogP contribution in [0.3, 0.4) is 0 Å². The van der Waals surface area contributed by atoms with Crippen molar-refractivity contribution >= 4 is 39.1 Å². The Bertz CT molecular complexity index is 897. The highest BCUT2D eigenvalue weighted by molar-refractivity contribution is 7.92. The lowest BCUT2D eigenvalue weighted by Gasteiger charge is -2.13. The zero-order valence-corrected chi connectivity index (χ0v) is 15.0. The number of halogens is 1. The fraction of sp³-hybridized carbons (Fsp3) is 0.188. The molecule has 0 aliphatic carbocycles. The maximum Gasteiger partial charge on any atom is 0.339 e. The molecule has 0 aliphatic heterocycles. The molecular formula is C16H15ClN2O5S. The van der Waals surface area contributed by atoms with E-state index in [-0.39, 0.29) is 16.3 Å². The number of esters is 1. The third-order valence-corrected chi connectivity index (χ3v) is 3.90. The van der Waals surface area contributed by atoms with Crippen LogP contribution in [0.15, 0.2) is 42.6 Å². The zero-order valence-electron chi connectivity index (χ0n) is 13.4. The molecule has 1 heterocycles. The number of hydrogen-bond donors (Lipinski definition) is 1. The summed E-state index contributed by atoms with van der Waals surface area (Å²) in [5.74, 6) is -1.11. The van der Waals surface area contributed by atoms with Gasteiger partial charge in [-0.25, -0.2) is 18.2 Å². The highest BCUT2D eigenvalue weighted by atomic mass is 35.5. The van der Waals surface area contributed by atoms with E-state index in [9.17, 15) is 18.0 Å². The van der Waals surface area contributed by atoms with Crippen LogP contribution in [-0.4, -0.2) is 37.5 Å². The maximum absolute atomic E-state index is 12.3. The summed E-state index contributed by atoms with van der Waals surface area (Å²) >= 11 is 5.71. The molecule has 0 saturated heterocycles. The zero-order chi connectivity index (χ0) is 18.6. The fourth-order valence-electron chi connectivity index (χ4n) is 1.96. The molecule has 7 nitrogen and oxygen atoms in total. The Hall–Kier alpha value is -2.45. The minimum Gasteiger partial charge on any atom is -0.451 e. The van der Waals surface area contributed by atoms with Crippen LogP contribution in [0, 0.1) is 0 Å². The van der Waals surface area contributed by atoms with Gasteiger partial charge in [-0.15, -0.1) is 0 Å². The topological polar surface area (TPSA) is 102 Å². The van der Waals surface area contributed by atoms with Gasteiger partial charge in [-0.3, -0.25) is 9.52 Å². The Labute approximate surface area is 150 Å². The average molecular weight is 383 g/mol. The molecule has 2 rings (SSSR count). The van der Waals surface area contributed by atoms with Crippen molar-refractivity contribution in [2.75, 3.05) is 11.0 Å². The quantitative estimate of drug-likeness (QED) is 0.468. The number of carbonyl (C=O) groups is 2. The number of nitrogens with one attached hydrogen (secondary N) is 1. The van der Waals surface area contributed by atoms with Crippen LogP contribution < -0.4 is 4.72 Å². The van der Waals surface area contributed by atoms with E-state index in [0.717, 1.165) is 6.26 Å². The number of ketones is 1. The Morgan fingerprint density at radius 1 is 1.16 bits per heavy atom. The first-order chi connectivity index (χ1) is 11.7. The third kappa shape index (κ3) is 5.54. The van der Waals surface area contributed by atoms with E-state index < -0.39 is 27.9 Å². The van der Waals surface area contributed by atoms with Crippen LogP contribution in [0.5, 0.6) is 0 Å². The SMILES string of the molecule is CC(OC(=O)c1ccnc(Cl)c1)C(=O)c1ccc(NS(C)(=O)=O)cc1. The Morgan fingerprint density at radius 3 is 2.36 bits per heavy atom. The molecule has 0 spiro atoms. The Morgan fingerprint density at radius 2 is 1.80 bits per heavy atom. The summed E-state index contributed by atoms with van der Waals surface area (Å²) in [6, 6.07) is 8.56. The van der Waals surface area contributed by atoms with Crippen LogP contribution in [0.25, 0.3) is 0 Å². The molecule has 132 valence electrons. The summed E-state index contributed by atoms with van der Waals surface area (Å²) in [7, 11) is -3.40. The molecule has 0 aliphatic rings. The molecule has 0 amide bonds. The molecule has 0 fully saturated rings. The van der Waals surface area contributed by atoms with Gasteiger partial charge in [0.25, 0.3) is 0 Å². The molecule has 2 aromatic rings. The monoisotopic (exact) mass is 382 g/mol. The van der Waals surface area contributed by atoms with Crippen molar-refractivity contribution in [3.8, 4) is 0 Å². The molecule has 1 atom stereocenters. The fourth-order valence-corrected chi connectivity index (χ4v) is 2.70. The minimum atomic E-state index is -3.40. The summed E-state index contributed by atoms with van der Waals surface area (Å²) in [5.41, 5.74) is 0.801. The van der Waals surface area contributed by atoms with E-state index >= 15 is 0 Å². The predicted octanol–water partition coefficient (Wildman–Crippen LogP) is 2.53.